The quantitative estimate of drug-likeness (QED) is 0.429. The topological polar surface area (TPSA) is 92.3 Å². The molecule has 0 radical (unpaired) electrons. The lowest BCUT2D eigenvalue weighted by molar-refractivity contribution is -0.134. The number of H-pyrrole nitrogens is 1. The third kappa shape index (κ3) is 3.18. The van der Waals surface area contributed by atoms with Crippen LogP contribution >= 0.6 is 0 Å². The largest absolute Gasteiger partial charge is 0.461 e. The van der Waals surface area contributed by atoms with Crippen molar-refractivity contribution in [3.05, 3.63) is 54.7 Å². The summed E-state index contributed by atoms with van der Waals surface area (Å²) in [6, 6.07) is 9.50. The molecule has 116 valence electrons. The number of anilines is 1. The van der Waals surface area contributed by atoms with E-state index in [2.05, 4.69) is 25.5 Å². The number of benzene rings is 1. The van der Waals surface area contributed by atoms with E-state index >= 15 is 0 Å². The summed E-state index contributed by atoms with van der Waals surface area (Å²) >= 11 is 0. The summed E-state index contributed by atoms with van der Waals surface area (Å²) in [5, 5.41) is 5.14. The third-order valence-electron chi connectivity index (χ3n) is 3.11. The molecule has 0 atom stereocenters. The molecule has 0 unspecified atom stereocenters. The van der Waals surface area contributed by atoms with Crippen LogP contribution in [0.3, 0.4) is 0 Å². The van der Waals surface area contributed by atoms with Crippen LogP contribution in [-0.4, -0.2) is 33.2 Å². The molecule has 2 aromatic heterocycles. The van der Waals surface area contributed by atoms with E-state index in [-0.39, 0.29) is 12.3 Å². The zero-order chi connectivity index (χ0) is 16.1. The number of rotatable bonds is 5. The number of ether oxygens (including phenoxy) is 1. The van der Waals surface area contributed by atoms with Crippen LogP contribution in [-0.2, 0) is 9.53 Å². The first-order chi connectivity index (χ1) is 11.3. The van der Waals surface area contributed by atoms with Crippen LogP contribution in [0, 0.1) is 0 Å². The van der Waals surface area contributed by atoms with Crippen LogP contribution in [0.15, 0.2) is 54.0 Å². The van der Waals surface area contributed by atoms with Gasteiger partial charge in [0.05, 0.1) is 17.8 Å². The number of aromatic amines is 1. The lowest BCUT2D eigenvalue weighted by atomic mass is 10.2. The van der Waals surface area contributed by atoms with Gasteiger partial charge in [-0.15, -0.1) is 0 Å². The van der Waals surface area contributed by atoms with E-state index in [1.54, 1.807) is 25.5 Å². The van der Waals surface area contributed by atoms with Gasteiger partial charge in [0.15, 0.2) is 5.82 Å². The number of fused-ring (bicyclic) bond motifs is 1. The minimum atomic E-state index is -0.553. The number of carbonyl (C=O) groups is 1. The van der Waals surface area contributed by atoms with E-state index in [0.717, 1.165) is 10.9 Å². The summed E-state index contributed by atoms with van der Waals surface area (Å²) in [6.45, 7) is 1.99. The summed E-state index contributed by atoms with van der Waals surface area (Å²) in [6.07, 6.45) is 4.86. The molecule has 1 aromatic carbocycles. The van der Waals surface area contributed by atoms with Gasteiger partial charge < -0.3 is 9.72 Å². The van der Waals surface area contributed by atoms with Gasteiger partial charge in [0.2, 0.25) is 5.71 Å². The zero-order valence-electron chi connectivity index (χ0n) is 12.5. The Morgan fingerprint density at radius 2 is 2.13 bits per heavy atom. The highest BCUT2D eigenvalue weighted by molar-refractivity contribution is 6.42. The second-order valence-electron chi connectivity index (χ2n) is 4.61. The molecule has 7 nitrogen and oxygen atoms in total. The Labute approximate surface area is 132 Å². The zero-order valence-corrected chi connectivity index (χ0v) is 12.5. The van der Waals surface area contributed by atoms with Crippen molar-refractivity contribution < 1.29 is 9.53 Å². The number of nitrogens with one attached hydrogen (secondary N) is 2. The second-order valence-corrected chi connectivity index (χ2v) is 4.61. The Balaban J connectivity index is 1.95. The Morgan fingerprint density at radius 3 is 2.91 bits per heavy atom. The fourth-order valence-corrected chi connectivity index (χ4v) is 2.10. The molecule has 0 aliphatic heterocycles. The number of hydrogen-bond acceptors (Lipinski definition) is 6. The Morgan fingerprint density at radius 1 is 1.26 bits per heavy atom. The number of nitrogens with zero attached hydrogens (tertiary/aromatic N) is 3. The van der Waals surface area contributed by atoms with Gasteiger partial charge in [-0.25, -0.2) is 9.78 Å². The monoisotopic (exact) mass is 309 g/mol. The van der Waals surface area contributed by atoms with Crippen molar-refractivity contribution in [1.82, 2.24) is 15.0 Å². The van der Waals surface area contributed by atoms with Gasteiger partial charge in [-0.3, -0.25) is 10.4 Å². The molecule has 0 saturated heterocycles. The van der Waals surface area contributed by atoms with Crippen LogP contribution in [0.5, 0.6) is 0 Å². The highest BCUT2D eigenvalue weighted by Gasteiger charge is 2.18. The van der Waals surface area contributed by atoms with Gasteiger partial charge in [-0.05, 0) is 19.1 Å². The number of carbonyl (C=O) groups excluding carboxylic acids is 1. The molecule has 3 aromatic rings. The third-order valence-corrected chi connectivity index (χ3v) is 3.11. The fraction of sp³-hybridized carbons (Fsp3) is 0.125. The molecule has 7 heteroatoms. The Bertz CT molecular complexity index is 837. The van der Waals surface area contributed by atoms with Crippen molar-refractivity contribution in [2.45, 2.75) is 6.92 Å². The van der Waals surface area contributed by atoms with Gasteiger partial charge in [0, 0.05) is 24.0 Å². The van der Waals surface area contributed by atoms with Gasteiger partial charge in [-0.1, -0.05) is 18.2 Å². The van der Waals surface area contributed by atoms with Crippen molar-refractivity contribution in [3.63, 3.8) is 0 Å². The maximum Gasteiger partial charge on any atom is 0.362 e. The molecule has 0 aliphatic rings. The number of imidazole rings is 1. The van der Waals surface area contributed by atoms with Gasteiger partial charge in [-0.2, -0.15) is 5.10 Å². The average molecular weight is 309 g/mol. The molecule has 0 aliphatic carbocycles. The van der Waals surface area contributed by atoms with E-state index in [1.165, 1.54) is 0 Å². The number of pyridine rings is 1. The van der Waals surface area contributed by atoms with E-state index < -0.39 is 5.97 Å². The molecule has 0 spiro atoms. The van der Waals surface area contributed by atoms with Crippen molar-refractivity contribution in [1.29, 1.82) is 0 Å². The van der Waals surface area contributed by atoms with E-state index in [9.17, 15) is 4.79 Å². The molecule has 0 bridgehead atoms. The number of para-hydroxylation sites is 1. The first-order valence-electron chi connectivity index (χ1n) is 7.14. The lowest BCUT2D eigenvalue weighted by Crippen LogP contribution is -2.21. The molecule has 2 heterocycles. The Hall–Kier alpha value is -3.22. The number of esters is 1. The van der Waals surface area contributed by atoms with E-state index in [4.69, 9.17) is 4.74 Å². The summed E-state index contributed by atoms with van der Waals surface area (Å²) in [5.41, 5.74) is 4.41. The molecule has 3 rings (SSSR count). The van der Waals surface area contributed by atoms with E-state index in [0.29, 0.717) is 11.5 Å². The number of aromatic nitrogens is 3. The van der Waals surface area contributed by atoms with Crippen LogP contribution in [0.1, 0.15) is 12.7 Å². The van der Waals surface area contributed by atoms with Crippen molar-refractivity contribution in [2.75, 3.05) is 12.0 Å². The standard InChI is InChI=1S/C16H15N5O2/c1-2-23-16(22)14(15-18-9-10-19-15)21-20-12-7-3-5-11-6-4-8-17-13(11)12/h3-10,20H,2H2,1H3,(H,18,19)/b21-14+. The highest BCUT2D eigenvalue weighted by atomic mass is 16.5. The molecular formula is C16H15N5O2. The smallest absolute Gasteiger partial charge is 0.362 e. The predicted molar refractivity (Wildman–Crippen MR) is 87.1 cm³/mol. The van der Waals surface area contributed by atoms with Gasteiger partial charge in [0.1, 0.15) is 0 Å². The maximum absolute atomic E-state index is 12.1. The molecular weight excluding hydrogens is 294 g/mol. The molecule has 0 saturated carbocycles. The molecule has 23 heavy (non-hydrogen) atoms. The summed E-state index contributed by atoms with van der Waals surface area (Å²) in [5.74, 6) is -0.215. The van der Waals surface area contributed by atoms with Crippen LogP contribution in [0.4, 0.5) is 5.69 Å². The van der Waals surface area contributed by atoms with Crippen LogP contribution in [0.2, 0.25) is 0 Å². The first kappa shape index (κ1) is 14.7. The first-order valence-corrected chi connectivity index (χ1v) is 7.14. The minimum absolute atomic E-state index is 0.0739. The lowest BCUT2D eigenvalue weighted by Gasteiger charge is -2.07. The van der Waals surface area contributed by atoms with Crippen molar-refractivity contribution >= 4 is 28.3 Å². The van der Waals surface area contributed by atoms with Crippen molar-refractivity contribution in [2.24, 2.45) is 5.10 Å². The summed E-state index contributed by atoms with van der Waals surface area (Å²) in [4.78, 5) is 23.3. The van der Waals surface area contributed by atoms with E-state index in [1.807, 2.05) is 30.3 Å². The van der Waals surface area contributed by atoms with Crippen molar-refractivity contribution in [3.8, 4) is 0 Å². The number of hydrazone groups is 1. The molecule has 2 N–H and O–H groups in total. The van der Waals surface area contributed by atoms with Crippen LogP contribution in [0.25, 0.3) is 10.9 Å². The SMILES string of the molecule is CCOC(=O)/C(=N/Nc1cccc2cccnc12)c1ncc[nH]1. The molecule has 0 fully saturated rings. The van der Waals surface area contributed by atoms with Crippen LogP contribution < -0.4 is 5.43 Å². The second kappa shape index (κ2) is 6.69. The fourth-order valence-electron chi connectivity index (χ4n) is 2.10. The molecule has 0 amide bonds. The highest BCUT2D eigenvalue weighted by Crippen LogP contribution is 2.20. The normalized spacial score (nSPS) is 11.4. The Kier molecular flexibility index (Phi) is 4.28. The summed E-state index contributed by atoms with van der Waals surface area (Å²) < 4.78 is 5.02. The summed E-state index contributed by atoms with van der Waals surface area (Å²) in [7, 11) is 0. The average Bonchev–Trinajstić information content (AvgIpc) is 3.10. The van der Waals surface area contributed by atoms with Gasteiger partial charge >= 0.3 is 5.97 Å². The maximum atomic E-state index is 12.1. The minimum Gasteiger partial charge on any atom is -0.461 e. The predicted octanol–water partition coefficient (Wildman–Crippen LogP) is 2.34. The van der Waals surface area contributed by atoms with Gasteiger partial charge in [0.25, 0.3) is 0 Å². The number of hydrogen-bond donors (Lipinski definition) is 2.